The van der Waals surface area contributed by atoms with Crippen LogP contribution in [-0.2, 0) is 0 Å². The summed E-state index contributed by atoms with van der Waals surface area (Å²) in [5.74, 6) is 4.04. The van der Waals surface area contributed by atoms with E-state index >= 15 is 0 Å². The van der Waals surface area contributed by atoms with Crippen molar-refractivity contribution in [3.63, 3.8) is 0 Å². The first-order chi connectivity index (χ1) is 8.36. The first kappa shape index (κ1) is 11.0. The molecule has 0 amide bonds. The summed E-state index contributed by atoms with van der Waals surface area (Å²) in [6, 6.07) is 3.95. The maximum Gasteiger partial charge on any atom is 0.140 e. The van der Waals surface area contributed by atoms with Crippen LogP contribution in [0.1, 0.15) is 24.5 Å². The standard InChI is InChI=1S/C13H16N2OS/c1-16-11-2-5-15-9-12(14-13(15)8-11)10-3-6-17-7-4-10/h2,5,8-10H,3-4,6-7H2,1H3. The quantitative estimate of drug-likeness (QED) is 0.817. The van der Waals surface area contributed by atoms with E-state index in [1.165, 1.54) is 30.0 Å². The van der Waals surface area contributed by atoms with Crippen LogP contribution in [0, 0.1) is 0 Å². The van der Waals surface area contributed by atoms with Gasteiger partial charge >= 0.3 is 0 Å². The molecule has 3 nitrogen and oxygen atoms in total. The van der Waals surface area contributed by atoms with Gasteiger partial charge in [0.1, 0.15) is 11.4 Å². The van der Waals surface area contributed by atoms with Crippen molar-refractivity contribution in [1.82, 2.24) is 9.38 Å². The Bertz CT molecular complexity index is 517. The second-order valence-corrected chi connectivity index (χ2v) is 5.61. The van der Waals surface area contributed by atoms with Gasteiger partial charge in [0.05, 0.1) is 12.8 Å². The fourth-order valence-electron chi connectivity index (χ4n) is 2.30. The number of rotatable bonds is 2. The fraction of sp³-hybridized carbons (Fsp3) is 0.462. The molecule has 3 rings (SSSR count). The van der Waals surface area contributed by atoms with Gasteiger partial charge in [-0.15, -0.1) is 0 Å². The molecule has 0 saturated carbocycles. The Morgan fingerprint density at radius 1 is 1.41 bits per heavy atom. The number of ether oxygens (including phenoxy) is 1. The molecule has 1 aliphatic heterocycles. The first-order valence-electron chi connectivity index (χ1n) is 5.97. The van der Waals surface area contributed by atoms with E-state index in [4.69, 9.17) is 9.72 Å². The van der Waals surface area contributed by atoms with E-state index in [0.29, 0.717) is 5.92 Å². The Balaban J connectivity index is 1.95. The number of nitrogens with zero attached hydrogens (tertiary/aromatic N) is 2. The van der Waals surface area contributed by atoms with Crippen LogP contribution in [0.4, 0.5) is 0 Å². The molecule has 2 aromatic rings. The minimum atomic E-state index is 0.641. The maximum absolute atomic E-state index is 5.22. The fourth-order valence-corrected chi connectivity index (χ4v) is 3.41. The van der Waals surface area contributed by atoms with E-state index in [-0.39, 0.29) is 0 Å². The first-order valence-corrected chi connectivity index (χ1v) is 7.12. The zero-order valence-corrected chi connectivity index (χ0v) is 10.7. The molecule has 0 N–H and O–H groups in total. The number of methoxy groups -OCH3 is 1. The highest BCUT2D eigenvalue weighted by atomic mass is 32.2. The second kappa shape index (κ2) is 4.61. The number of imidazole rings is 1. The van der Waals surface area contributed by atoms with Crippen LogP contribution in [0.25, 0.3) is 5.65 Å². The van der Waals surface area contributed by atoms with Crippen LogP contribution in [0.15, 0.2) is 24.5 Å². The lowest BCUT2D eigenvalue weighted by molar-refractivity contribution is 0.414. The third-order valence-corrected chi connectivity index (χ3v) is 4.37. The van der Waals surface area contributed by atoms with Gasteiger partial charge in [-0.2, -0.15) is 11.8 Å². The number of hydrogen-bond donors (Lipinski definition) is 0. The third-order valence-electron chi connectivity index (χ3n) is 3.33. The second-order valence-electron chi connectivity index (χ2n) is 4.38. The van der Waals surface area contributed by atoms with Crippen molar-refractivity contribution in [3.05, 3.63) is 30.2 Å². The number of thioether (sulfide) groups is 1. The molecule has 90 valence electrons. The summed E-state index contributed by atoms with van der Waals surface area (Å²) in [5.41, 5.74) is 2.22. The average molecular weight is 248 g/mol. The highest BCUT2D eigenvalue weighted by Gasteiger charge is 2.18. The van der Waals surface area contributed by atoms with Gasteiger partial charge in [0, 0.05) is 24.4 Å². The SMILES string of the molecule is COc1ccn2cc(C3CCSCC3)nc2c1. The van der Waals surface area contributed by atoms with E-state index in [1.807, 2.05) is 18.3 Å². The number of hydrogen-bond acceptors (Lipinski definition) is 3. The molecule has 3 heterocycles. The highest BCUT2D eigenvalue weighted by Crippen LogP contribution is 2.31. The molecule has 1 saturated heterocycles. The lowest BCUT2D eigenvalue weighted by atomic mass is 10.00. The van der Waals surface area contributed by atoms with Gasteiger partial charge in [0.15, 0.2) is 0 Å². The van der Waals surface area contributed by atoms with Gasteiger partial charge in [0.2, 0.25) is 0 Å². The zero-order chi connectivity index (χ0) is 11.7. The average Bonchev–Trinajstić information content (AvgIpc) is 2.82. The van der Waals surface area contributed by atoms with E-state index < -0.39 is 0 Å². The van der Waals surface area contributed by atoms with Crippen LogP contribution in [0.2, 0.25) is 0 Å². The molecule has 4 heteroatoms. The van der Waals surface area contributed by atoms with Gasteiger partial charge in [-0.25, -0.2) is 4.98 Å². The highest BCUT2D eigenvalue weighted by molar-refractivity contribution is 7.99. The van der Waals surface area contributed by atoms with Crippen LogP contribution >= 0.6 is 11.8 Å². The van der Waals surface area contributed by atoms with Gasteiger partial charge in [-0.05, 0) is 30.4 Å². The molecule has 2 aromatic heterocycles. The minimum Gasteiger partial charge on any atom is -0.497 e. The molecule has 1 aliphatic rings. The predicted octanol–water partition coefficient (Wildman–Crippen LogP) is 2.95. The Morgan fingerprint density at radius 3 is 3.00 bits per heavy atom. The molecule has 0 aromatic carbocycles. The van der Waals surface area contributed by atoms with E-state index in [9.17, 15) is 0 Å². The largest absolute Gasteiger partial charge is 0.497 e. The van der Waals surface area contributed by atoms with Crippen molar-refractivity contribution in [1.29, 1.82) is 0 Å². The Labute approximate surface area is 105 Å². The normalized spacial score (nSPS) is 17.5. The number of pyridine rings is 1. The van der Waals surface area contributed by atoms with E-state index in [0.717, 1.165) is 11.4 Å². The number of aromatic nitrogens is 2. The Morgan fingerprint density at radius 2 is 2.24 bits per heavy atom. The molecular weight excluding hydrogens is 232 g/mol. The van der Waals surface area contributed by atoms with E-state index in [2.05, 4.69) is 22.4 Å². The summed E-state index contributed by atoms with van der Waals surface area (Å²) in [7, 11) is 1.69. The van der Waals surface area contributed by atoms with Crippen molar-refractivity contribution < 1.29 is 4.74 Å². The summed E-state index contributed by atoms with van der Waals surface area (Å²) < 4.78 is 7.30. The van der Waals surface area contributed by atoms with Crippen LogP contribution in [-0.4, -0.2) is 28.0 Å². The topological polar surface area (TPSA) is 26.5 Å². The monoisotopic (exact) mass is 248 g/mol. The molecule has 0 atom stereocenters. The van der Waals surface area contributed by atoms with Gasteiger partial charge in [0.25, 0.3) is 0 Å². The van der Waals surface area contributed by atoms with Gasteiger partial charge in [-0.3, -0.25) is 0 Å². The van der Waals surface area contributed by atoms with Crippen molar-refractivity contribution in [2.75, 3.05) is 18.6 Å². The predicted molar refractivity (Wildman–Crippen MR) is 71.0 cm³/mol. The maximum atomic E-state index is 5.22. The molecule has 17 heavy (non-hydrogen) atoms. The zero-order valence-electron chi connectivity index (χ0n) is 9.93. The number of fused-ring (bicyclic) bond motifs is 1. The van der Waals surface area contributed by atoms with Crippen LogP contribution in [0.3, 0.4) is 0 Å². The van der Waals surface area contributed by atoms with Crippen molar-refractivity contribution >= 4 is 17.4 Å². The smallest absolute Gasteiger partial charge is 0.140 e. The molecule has 0 radical (unpaired) electrons. The summed E-state index contributed by atoms with van der Waals surface area (Å²) in [6.45, 7) is 0. The summed E-state index contributed by atoms with van der Waals surface area (Å²) in [4.78, 5) is 4.72. The summed E-state index contributed by atoms with van der Waals surface area (Å²) in [5, 5.41) is 0. The van der Waals surface area contributed by atoms with Crippen molar-refractivity contribution in [2.24, 2.45) is 0 Å². The molecule has 0 bridgehead atoms. The molecule has 0 aliphatic carbocycles. The molecular formula is C13H16N2OS. The summed E-state index contributed by atoms with van der Waals surface area (Å²) in [6.07, 6.45) is 6.69. The van der Waals surface area contributed by atoms with Crippen LogP contribution < -0.4 is 4.74 Å². The van der Waals surface area contributed by atoms with Crippen LogP contribution in [0.5, 0.6) is 5.75 Å². The lowest BCUT2D eigenvalue weighted by Crippen LogP contribution is -2.07. The lowest BCUT2D eigenvalue weighted by Gasteiger charge is -2.18. The van der Waals surface area contributed by atoms with Crippen molar-refractivity contribution in [3.8, 4) is 5.75 Å². The minimum absolute atomic E-state index is 0.641. The summed E-state index contributed by atoms with van der Waals surface area (Å²) >= 11 is 2.05. The molecule has 0 unspecified atom stereocenters. The third kappa shape index (κ3) is 2.14. The Hall–Kier alpha value is -1.16. The van der Waals surface area contributed by atoms with E-state index in [1.54, 1.807) is 7.11 Å². The molecule has 1 fully saturated rings. The Kier molecular flexibility index (Phi) is 2.97. The van der Waals surface area contributed by atoms with Gasteiger partial charge < -0.3 is 9.14 Å². The van der Waals surface area contributed by atoms with Gasteiger partial charge in [-0.1, -0.05) is 0 Å². The van der Waals surface area contributed by atoms with Crippen molar-refractivity contribution in [2.45, 2.75) is 18.8 Å². The molecule has 0 spiro atoms.